The second kappa shape index (κ2) is 4.30. The van der Waals surface area contributed by atoms with Gasteiger partial charge in [-0.25, -0.2) is 0 Å². The van der Waals surface area contributed by atoms with E-state index in [1.807, 2.05) is 0 Å². The van der Waals surface area contributed by atoms with E-state index in [0.717, 1.165) is 31.6 Å². The Morgan fingerprint density at radius 2 is 2.07 bits per heavy atom. The van der Waals surface area contributed by atoms with Crippen LogP contribution in [0.2, 0.25) is 0 Å². The number of rotatable bonds is 4. The summed E-state index contributed by atoms with van der Waals surface area (Å²) in [5.41, 5.74) is 5.82. The quantitative estimate of drug-likeness (QED) is 0.694. The first-order chi connectivity index (χ1) is 6.77. The maximum absolute atomic E-state index is 11.6. The van der Waals surface area contributed by atoms with Crippen LogP contribution in [0.5, 0.6) is 0 Å². The van der Waals surface area contributed by atoms with Gasteiger partial charge in [-0.15, -0.1) is 0 Å². The van der Waals surface area contributed by atoms with Crippen LogP contribution in [-0.4, -0.2) is 18.6 Å². The topological polar surface area (TPSA) is 52.3 Å². The predicted octanol–water partition coefficient (Wildman–Crippen LogP) is 1.46. The summed E-state index contributed by atoms with van der Waals surface area (Å²) in [5, 5.41) is 0. The van der Waals surface area contributed by atoms with Gasteiger partial charge in [-0.2, -0.15) is 0 Å². The number of carbonyl (C=O) groups is 1. The summed E-state index contributed by atoms with van der Waals surface area (Å²) in [5.74, 6) is 0.755. The van der Waals surface area contributed by atoms with Crippen LogP contribution in [0.1, 0.15) is 38.5 Å². The lowest BCUT2D eigenvalue weighted by molar-refractivity contribution is -0.148. The van der Waals surface area contributed by atoms with Crippen molar-refractivity contribution in [1.82, 2.24) is 0 Å². The van der Waals surface area contributed by atoms with Crippen molar-refractivity contribution in [3.63, 3.8) is 0 Å². The minimum atomic E-state index is -0.0596. The molecule has 14 heavy (non-hydrogen) atoms. The molecule has 0 bridgehead atoms. The van der Waals surface area contributed by atoms with E-state index in [1.54, 1.807) is 0 Å². The van der Waals surface area contributed by atoms with Crippen molar-refractivity contribution in [1.29, 1.82) is 0 Å². The second-order valence-electron chi connectivity index (χ2n) is 4.60. The Hall–Kier alpha value is -0.570. The molecular weight excluding hydrogens is 178 g/mol. The van der Waals surface area contributed by atoms with Crippen molar-refractivity contribution >= 4 is 5.97 Å². The lowest BCUT2D eigenvalue weighted by atomic mass is 10.1. The standard InChI is InChI=1S/C11H19NO2/c12-10-3-1-2-9(10)11(13)14-7-6-8-4-5-8/h8-10H,1-7,12H2. The molecule has 0 aromatic heterocycles. The molecule has 0 radical (unpaired) electrons. The van der Waals surface area contributed by atoms with E-state index in [-0.39, 0.29) is 17.9 Å². The molecular formula is C11H19NO2. The largest absolute Gasteiger partial charge is 0.465 e. The summed E-state index contributed by atoms with van der Waals surface area (Å²) in [6.07, 6.45) is 6.66. The Morgan fingerprint density at radius 3 is 2.64 bits per heavy atom. The molecule has 0 amide bonds. The molecule has 2 unspecified atom stereocenters. The van der Waals surface area contributed by atoms with Gasteiger partial charge in [0.05, 0.1) is 12.5 Å². The highest BCUT2D eigenvalue weighted by Crippen LogP contribution is 2.32. The third kappa shape index (κ3) is 2.47. The summed E-state index contributed by atoms with van der Waals surface area (Å²) >= 11 is 0. The van der Waals surface area contributed by atoms with Crippen LogP contribution in [0, 0.1) is 11.8 Å². The molecule has 2 saturated carbocycles. The molecule has 2 aliphatic rings. The maximum atomic E-state index is 11.6. The third-order valence-electron chi connectivity index (χ3n) is 3.34. The van der Waals surface area contributed by atoms with E-state index in [2.05, 4.69) is 0 Å². The van der Waals surface area contributed by atoms with E-state index < -0.39 is 0 Å². The normalized spacial score (nSPS) is 31.8. The van der Waals surface area contributed by atoms with Gasteiger partial charge < -0.3 is 10.5 Å². The zero-order valence-corrected chi connectivity index (χ0v) is 8.58. The third-order valence-corrected chi connectivity index (χ3v) is 3.34. The van der Waals surface area contributed by atoms with Gasteiger partial charge in [-0.3, -0.25) is 4.79 Å². The van der Waals surface area contributed by atoms with Gasteiger partial charge in [0.2, 0.25) is 0 Å². The number of esters is 1. The van der Waals surface area contributed by atoms with Crippen LogP contribution in [0.3, 0.4) is 0 Å². The summed E-state index contributed by atoms with van der Waals surface area (Å²) in [4.78, 5) is 11.6. The fraction of sp³-hybridized carbons (Fsp3) is 0.909. The van der Waals surface area contributed by atoms with Crippen LogP contribution in [0.25, 0.3) is 0 Å². The molecule has 80 valence electrons. The molecule has 0 heterocycles. The summed E-state index contributed by atoms with van der Waals surface area (Å²) in [6.45, 7) is 0.604. The first-order valence-corrected chi connectivity index (χ1v) is 5.69. The average molecular weight is 197 g/mol. The van der Waals surface area contributed by atoms with E-state index in [4.69, 9.17) is 10.5 Å². The Morgan fingerprint density at radius 1 is 1.29 bits per heavy atom. The number of nitrogens with two attached hydrogens (primary N) is 1. The summed E-state index contributed by atoms with van der Waals surface area (Å²) in [6, 6.07) is 0.0448. The number of carbonyl (C=O) groups excluding carboxylic acids is 1. The van der Waals surface area contributed by atoms with Gasteiger partial charge in [0.15, 0.2) is 0 Å². The van der Waals surface area contributed by atoms with E-state index >= 15 is 0 Å². The van der Waals surface area contributed by atoms with Crippen molar-refractivity contribution in [2.24, 2.45) is 17.6 Å². The maximum Gasteiger partial charge on any atom is 0.310 e. The fourth-order valence-corrected chi connectivity index (χ4v) is 2.12. The van der Waals surface area contributed by atoms with Gasteiger partial charge >= 0.3 is 5.97 Å². The van der Waals surface area contributed by atoms with Crippen molar-refractivity contribution in [3.8, 4) is 0 Å². The van der Waals surface area contributed by atoms with E-state index in [1.165, 1.54) is 12.8 Å². The number of ether oxygens (including phenoxy) is 1. The second-order valence-corrected chi connectivity index (χ2v) is 4.60. The molecule has 0 aromatic carbocycles. The van der Waals surface area contributed by atoms with Crippen molar-refractivity contribution in [2.45, 2.75) is 44.6 Å². The number of hydrogen-bond donors (Lipinski definition) is 1. The first-order valence-electron chi connectivity index (χ1n) is 5.69. The molecule has 0 aliphatic heterocycles. The molecule has 0 saturated heterocycles. The minimum Gasteiger partial charge on any atom is -0.465 e. The molecule has 2 aliphatic carbocycles. The predicted molar refractivity (Wildman–Crippen MR) is 53.6 cm³/mol. The van der Waals surface area contributed by atoms with Crippen molar-refractivity contribution in [2.75, 3.05) is 6.61 Å². The van der Waals surface area contributed by atoms with Gasteiger partial charge in [-0.05, 0) is 25.2 Å². The van der Waals surface area contributed by atoms with Gasteiger partial charge in [0.25, 0.3) is 0 Å². The van der Waals surface area contributed by atoms with Gasteiger partial charge in [-0.1, -0.05) is 19.3 Å². The number of hydrogen-bond acceptors (Lipinski definition) is 3. The van der Waals surface area contributed by atoms with Crippen LogP contribution >= 0.6 is 0 Å². The molecule has 2 fully saturated rings. The monoisotopic (exact) mass is 197 g/mol. The summed E-state index contributed by atoms with van der Waals surface area (Å²) in [7, 11) is 0. The van der Waals surface area contributed by atoms with Crippen LogP contribution in [-0.2, 0) is 9.53 Å². The lowest BCUT2D eigenvalue weighted by Gasteiger charge is -2.13. The van der Waals surface area contributed by atoms with Crippen LogP contribution < -0.4 is 5.73 Å². The molecule has 2 atom stereocenters. The Bertz CT molecular complexity index is 213. The first kappa shape index (κ1) is 9.97. The Balaban J connectivity index is 1.65. The van der Waals surface area contributed by atoms with Crippen LogP contribution in [0.15, 0.2) is 0 Å². The Kier molecular flexibility index (Phi) is 3.06. The zero-order chi connectivity index (χ0) is 9.97. The van der Waals surface area contributed by atoms with Crippen LogP contribution in [0.4, 0.5) is 0 Å². The molecule has 3 heteroatoms. The Labute approximate surface area is 85.0 Å². The molecule has 3 nitrogen and oxygen atoms in total. The lowest BCUT2D eigenvalue weighted by Crippen LogP contribution is -2.32. The minimum absolute atomic E-state index is 0.0193. The van der Waals surface area contributed by atoms with Crippen molar-refractivity contribution < 1.29 is 9.53 Å². The molecule has 2 rings (SSSR count). The molecule has 0 aromatic rings. The summed E-state index contributed by atoms with van der Waals surface area (Å²) < 4.78 is 5.23. The SMILES string of the molecule is NC1CCCC1C(=O)OCCC1CC1. The molecule has 2 N–H and O–H groups in total. The highest BCUT2D eigenvalue weighted by Gasteiger charge is 2.31. The van der Waals surface area contributed by atoms with E-state index in [0.29, 0.717) is 6.61 Å². The highest BCUT2D eigenvalue weighted by atomic mass is 16.5. The fourth-order valence-electron chi connectivity index (χ4n) is 2.12. The van der Waals surface area contributed by atoms with Gasteiger partial charge in [0.1, 0.15) is 0 Å². The average Bonchev–Trinajstić information content (AvgIpc) is 2.87. The zero-order valence-electron chi connectivity index (χ0n) is 8.58. The molecule has 0 spiro atoms. The van der Waals surface area contributed by atoms with Crippen molar-refractivity contribution in [3.05, 3.63) is 0 Å². The highest BCUT2D eigenvalue weighted by molar-refractivity contribution is 5.73. The van der Waals surface area contributed by atoms with E-state index in [9.17, 15) is 4.79 Å². The van der Waals surface area contributed by atoms with Gasteiger partial charge in [0, 0.05) is 6.04 Å². The smallest absolute Gasteiger partial charge is 0.310 e.